The Morgan fingerprint density at radius 1 is 0.967 bits per heavy atom. The average molecular weight is 399 g/mol. The van der Waals surface area contributed by atoms with Crippen LogP contribution in [0.1, 0.15) is 48.1 Å². The van der Waals surface area contributed by atoms with Crippen molar-refractivity contribution in [1.29, 1.82) is 0 Å². The molecule has 0 fully saturated rings. The monoisotopic (exact) mass is 398 g/mol. The topological polar surface area (TPSA) is 59.3 Å². The van der Waals surface area contributed by atoms with Crippen molar-refractivity contribution in [3.8, 4) is 11.3 Å². The average Bonchev–Trinajstić information content (AvgIpc) is 3.09. The number of nitrogens with zero attached hydrogens (tertiary/aromatic N) is 3. The van der Waals surface area contributed by atoms with Gasteiger partial charge in [-0.05, 0) is 42.2 Å². The number of carbonyl (C=O) groups excluding carboxylic acids is 1. The molecule has 0 aliphatic heterocycles. The van der Waals surface area contributed by atoms with Crippen LogP contribution < -0.4 is 5.32 Å². The highest BCUT2D eigenvalue weighted by molar-refractivity contribution is 5.94. The largest absolute Gasteiger partial charge is 0.346 e. The van der Waals surface area contributed by atoms with E-state index >= 15 is 0 Å². The first-order valence-corrected chi connectivity index (χ1v) is 10.1. The van der Waals surface area contributed by atoms with Crippen LogP contribution in [0, 0.1) is 6.92 Å². The van der Waals surface area contributed by atoms with Crippen molar-refractivity contribution in [3.05, 3.63) is 89.2 Å². The molecule has 4 rings (SSSR count). The molecule has 5 nitrogen and oxygen atoms in total. The van der Waals surface area contributed by atoms with Gasteiger partial charge in [-0.25, -0.2) is 9.50 Å². The lowest BCUT2D eigenvalue weighted by Crippen LogP contribution is -2.24. The first kappa shape index (κ1) is 19.8. The van der Waals surface area contributed by atoms with Gasteiger partial charge in [-0.3, -0.25) is 4.79 Å². The molecule has 0 unspecified atom stereocenters. The fraction of sp³-hybridized carbons (Fsp3) is 0.240. The Morgan fingerprint density at radius 3 is 2.33 bits per heavy atom. The van der Waals surface area contributed by atoms with Crippen LogP contribution in [-0.2, 0) is 12.0 Å². The molecule has 152 valence electrons. The number of benzene rings is 2. The van der Waals surface area contributed by atoms with Crippen LogP contribution in [0.25, 0.3) is 16.9 Å². The van der Waals surface area contributed by atoms with Gasteiger partial charge in [0.05, 0.1) is 23.6 Å². The molecule has 0 spiro atoms. The third kappa shape index (κ3) is 3.96. The van der Waals surface area contributed by atoms with E-state index in [9.17, 15) is 4.79 Å². The van der Waals surface area contributed by atoms with Crippen LogP contribution >= 0.6 is 0 Å². The van der Waals surface area contributed by atoms with E-state index in [1.807, 2.05) is 41.8 Å². The molecule has 0 saturated heterocycles. The highest BCUT2D eigenvalue weighted by Crippen LogP contribution is 2.28. The third-order valence-corrected chi connectivity index (χ3v) is 5.18. The molecule has 1 amide bonds. The summed E-state index contributed by atoms with van der Waals surface area (Å²) in [5, 5.41) is 7.65. The summed E-state index contributed by atoms with van der Waals surface area (Å²) in [5.74, 6) is -0.118. The van der Waals surface area contributed by atoms with Crippen molar-refractivity contribution in [2.45, 2.75) is 39.7 Å². The SMILES string of the molecule is Cc1ccc2nc(-c3ccc(C(C)(C)C)cc3)c(CNC(=O)c3ccccc3)n2n1. The second-order valence-corrected chi connectivity index (χ2v) is 8.53. The van der Waals surface area contributed by atoms with E-state index in [1.165, 1.54) is 5.56 Å². The zero-order valence-electron chi connectivity index (χ0n) is 17.8. The van der Waals surface area contributed by atoms with E-state index < -0.39 is 0 Å². The molecular weight excluding hydrogens is 372 g/mol. The Balaban J connectivity index is 1.72. The molecule has 0 bridgehead atoms. The van der Waals surface area contributed by atoms with Crippen molar-refractivity contribution in [2.24, 2.45) is 0 Å². The van der Waals surface area contributed by atoms with E-state index in [1.54, 1.807) is 12.1 Å². The standard InChI is InChI=1S/C25H26N4O/c1-17-10-15-22-27-23(18-11-13-20(14-12-18)25(2,3)4)21(29(22)28-17)16-26-24(30)19-8-6-5-7-9-19/h5-15H,16H2,1-4H3,(H,26,30). The number of rotatable bonds is 4. The minimum atomic E-state index is -0.118. The molecule has 0 saturated carbocycles. The van der Waals surface area contributed by atoms with E-state index in [0.29, 0.717) is 12.1 Å². The predicted octanol–water partition coefficient (Wildman–Crippen LogP) is 4.93. The minimum Gasteiger partial charge on any atom is -0.346 e. The van der Waals surface area contributed by atoms with Gasteiger partial charge in [0.1, 0.15) is 0 Å². The summed E-state index contributed by atoms with van der Waals surface area (Å²) >= 11 is 0. The summed E-state index contributed by atoms with van der Waals surface area (Å²) in [6.07, 6.45) is 0. The van der Waals surface area contributed by atoms with Gasteiger partial charge in [-0.1, -0.05) is 63.2 Å². The summed E-state index contributed by atoms with van der Waals surface area (Å²) in [5.41, 5.74) is 6.35. The number of hydrogen-bond donors (Lipinski definition) is 1. The first-order valence-electron chi connectivity index (χ1n) is 10.1. The van der Waals surface area contributed by atoms with Gasteiger partial charge in [-0.2, -0.15) is 5.10 Å². The van der Waals surface area contributed by atoms with Crippen LogP contribution in [-0.4, -0.2) is 20.5 Å². The van der Waals surface area contributed by atoms with Gasteiger partial charge in [0, 0.05) is 11.1 Å². The van der Waals surface area contributed by atoms with E-state index in [2.05, 4.69) is 55.5 Å². The molecule has 5 heteroatoms. The molecule has 4 aromatic rings. The first-order chi connectivity index (χ1) is 14.3. The molecule has 2 aromatic heterocycles. The van der Waals surface area contributed by atoms with E-state index in [-0.39, 0.29) is 11.3 Å². The molecule has 0 atom stereocenters. The molecule has 0 radical (unpaired) electrons. The normalized spacial score (nSPS) is 11.6. The smallest absolute Gasteiger partial charge is 0.251 e. The minimum absolute atomic E-state index is 0.0859. The van der Waals surface area contributed by atoms with Crippen molar-refractivity contribution in [2.75, 3.05) is 0 Å². The Morgan fingerprint density at radius 2 is 1.67 bits per heavy atom. The summed E-state index contributed by atoms with van der Waals surface area (Å²) in [6, 6.07) is 21.6. The third-order valence-electron chi connectivity index (χ3n) is 5.18. The highest BCUT2D eigenvalue weighted by atomic mass is 16.1. The van der Waals surface area contributed by atoms with Gasteiger partial charge in [0.2, 0.25) is 0 Å². The van der Waals surface area contributed by atoms with Crippen LogP contribution in [0.2, 0.25) is 0 Å². The molecule has 0 aliphatic rings. The maximum atomic E-state index is 12.6. The van der Waals surface area contributed by atoms with Crippen molar-refractivity contribution in [3.63, 3.8) is 0 Å². The summed E-state index contributed by atoms with van der Waals surface area (Å²) in [7, 11) is 0. The Bertz CT molecular complexity index is 1190. The van der Waals surface area contributed by atoms with E-state index in [4.69, 9.17) is 4.98 Å². The molecule has 30 heavy (non-hydrogen) atoms. The number of imidazole rings is 1. The van der Waals surface area contributed by atoms with Gasteiger partial charge in [0.15, 0.2) is 5.65 Å². The number of amides is 1. The van der Waals surface area contributed by atoms with Gasteiger partial charge < -0.3 is 5.32 Å². The number of nitrogens with one attached hydrogen (secondary N) is 1. The number of aryl methyl sites for hydroxylation is 1. The van der Waals surface area contributed by atoms with E-state index in [0.717, 1.165) is 28.3 Å². The zero-order valence-corrected chi connectivity index (χ0v) is 17.8. The fourth-order valence-electron chi connectivity index (χ4n) is 3.44. The Hall–Kier alpha value is -3.47. The molecule has 2 aromatic carbocycles. The maximum Gasteiger partial charge on any atom is 0.251 e. The molecule has 0 aliphatic carbocycles. The second-order valence-electron chi connectivity index (χ2n) is 8.53. The summed E-state index contributed by atoms with van der Waals surface area (Å²) < 4.78 is 1.83. The number of hydrogen-bond acceptors (Lipinski definition) is 3. The predicted molar refractivity (Wildman–Crippen MR) is 119 cm³/mol. The Labute approximate surface area is 176 Å². The van der Waals surface area contributed by atoms with Crippen molar-refractivity contribution >= 4 is 11.6 Å². The van der Waals surface area contributed by atoms with Gasteiger partial charge in [0.25, 0.3) is 5.91 Å². The van der Waals surface area contributed by atoms with Crippen LogP contribution in [0.5, 0.6) is 0 Å². The number of carbonyl (C=O) groups is 1. The van der Waals surface area contributed by atoms with Crippen molar-refractivity contribution in [1.82, 2.24) is 19.9 Å². The number of fused-ring (bicyclic) bond motifs is 1. The summed E-state index contributed by atoms with van der Waals surface area (Å²) in [6.45, 7) is 8.88. The quantitative estimate of drug-likeness (QED) is 0.530. The van der Waals surface area contributed by atoms with Crippen LogP contribution in [0.15, 0.2) is 66.7 Å². The van der Waals surface area contributed by atoms with Crippen LogP contribution in [0.3, 0.4) is 0 Å². The van der Waals surface area contributed by atoms with Gasteiger partial charge >= 0.3 is 0 Å². The zero-order chi connectivity index (χ0) is 21.3. The molecule has 2 heterocycles. The van der Waals surface area contributed by atoms with Crippen LogP contribution in [0.4, 0.5) is 0 Å². The lowest BCUT2D eigenvalue weighted by Gasteiger charge is -2.19. The fourth-order valence-corrected chi connectivity index (χ4v) is 3.44. The Kier molecular flexibility index (Phi) is 5.12. The lowest BCUT2D eigenvalue weighted by molar-refractivity contribution is 0.0950. The highest BCUT2D eigenvalue weighted by Gasteiger charge is 2.18. The summed E-state index contributed by atoms with van der Waals surface area (Å²) in [4.78, 5) is 17.4. The van der Waals surface area contributed by atoms with Crippen molar-refractivity contribution < 1.29 is 4.79 Å². The van der Waals surface area contributed by atoms with Gasteiger partial charge in [-0.15, -0.1) is 0 Å². The number of aromatic nitrogens is 3. The maximum absolute atomic E-state index is 12.6. The molecule has 1 N–H and O–H groups in total. The second kappa shape index (κ2) is 7.75. The molecular formula is C25H26N4O. The lowest BCUT2D eigenvalue weighted by atomic mass is 9.86.